The van der Waals surface area contributed by atoms with Gasteiger partial charge < -0.3 is 4.57 Å². The summed E-state index contributed by atoms with van der Waals surface area (Å²) in [6.45, 7) is 0.433. The van der Waals surface area contributed by atoms with Crippen LogP contribution >= 0.6 is 22.9 Å². The van der Waals surface area contributed by atoms with Gasteiger partial charge in [0.05, 0.1) is 17.8 Å². The van der Waals surface area contributed by atoms with E-state index in [1.165, 1.54) is 11.3 Å². The maximum absolute atomic E-state index is 12.8. The van der Waals surface area contributed by atoms with Crippen molar-refractivity contribution in [1.82, 2.24) is 19.1 Å². The van der Waals surface area contributed by atoms with Gasteiger partial charge in [0, 0.05) is 17.3 Å². The van der Waals surface area contributed by atoms with E-state index < -0.39 is 11.2 Å². The van der Waals surface area contributed by atoms with Crippen LogP contribution in [0, 0.1) is 0 Å². The molecule has 25 heavy (non-hydrogen) atoms. The van der Waals surface area contributed by atoms with Crippen molar-refractivity contribution < 1.29 is 0 Å². The minimum Gasteiger partial charge on any atom is -0.327 e. The van der Waals surface area contributed by atoms with Crippen molar-refractivity contribution in [2.24, 2.45) is 0 Å². The number of nitrogens with zero attached hydrogens (tertiary/aromatic N) is 4. The van der Waals surface area contributed by atoms with Gasteiger partial charge >= 0.3 is 5.69 Å². The molecule has 2 aromatic rings. The molecule has 0 amide bonds. The van der Waals surface area contributed by atoms with Crippen molar-refractivity contribution in [2.75, 3.05) is 0 Å². The van der Waals surface area contributed by atoms with Gasteiger partial charge in [-0.1, -0.05) is 29.8 Å². The molecule has 0 N–H and O–H groups in total. The number of thiazole rings is 1. The lowest BCUT2D eigenvalue weighted by Gasteiger charge is -2.14. The van der Waals surface area contributed by atoms with Crippen LogP contribution in [0.25, 0.3) is 17.1 Å². The van der Waals surface area contributed by atoms with E-state index in [-0.39, 0.29) is 0 Å². The Kier molecular flexibility index (Phi) is 3.95. The van der Waals surface area contributed by atoms with Crippen molar-refractivity contribution in [3.05, 3.63) is 85.0 Å². The normalized spacial score (nSPS) is 11.1. The van der Waals surface area contributed by atoms with Crippen LogP contribution < -0.4 is 11.2 Å². The van der Waals surface area contributed by atoms with Crippen LogP contribution in [-0.2, 0) is 6.54 Å². The predicted octanol–water partition coefficient (Wildman–Crippen LogP) is 2.66. The first-order chi connectivity index (χ1) is 12.1. The van der Waals surface area contributed by atoms with E-state index in [9.17, 15) is 9.59 Å². The molecule has 3 heterocycles. The van der Waals surface area contributed by atoms with Crippen LogP contribution in [0.3, 0.4) is 0 Å². The molecule has 0 aliphatic carbocycles. The summed E-state index contributed by atoms with van der Waals surface area (Å²) in [6.07, 6.45) is 3.44. The number of pyridine rings is 1. The number of rotatable bonds is 3. The topological polar surface area (TPSA) is 69.8 Å². The van der Waals surface area contributed by atoms with Crippen molar-refractivity contribution in [1.29, 1.82) is 0 Å². The Morgan fingerprint density at radius 2 is 1.88 bits per heavy atom. The van der Waals surface area contributed by atoms with Crippen molar-refractivity contribution in [2.45, 2.75) is 6.54 Å². The highest BCUT2D eigenvalue weighted by Crippen LogP contribution is 2.21. The van der Waals surface area contributed by atoms with Gasteiger partial charge in [-0.3, -0.25) is 4.79 Å². The predicted molar refractivity (Wildman–Crippen MR) is 96.9 cm³/mol. The fourth-order valence-corrected chi connectivity index (χ4v) is 3.62. The monoisotopic (exact) mass is 370 g/mol. The standard InChI is InChI=1S/C17H11ClN4O2S/c18-16-19-9-12(25-16)10-21-8-4-7-13-14(21)20-17(24)22(15(13)23)11-5-2-1-3-6-11/h1-9H,10H2. The van der Waals surface area contributed by atoms with Gasteiger partial charge in [0.25, 0.3) is 5.56 Å². The molecule has 124 valence electrons. The van der Waals surface area contributed by atoms with Crippen LogP contribution in [0.15, 0.2) is 64.4 Å². The fourth-order valence-electron chi connectivity index (χ4n) is 2.64. The van der Waals surface area contributed by atoms with E-state index in [2.05, 4.69) is 9.97 Å². The zero-order valence-corrected chi connectivity index (χ0v) is 14.4. The van der Waals surface area contributed by atoms with Gasteiger partial charge in [-0.25, -0.2) is 14.3 Å². The van der Waals surface area contributed by atoms with Crippen LogP contribution in [-0.4, -0.2) is 19.1 Å². The first-order valence-electron chi connectivity index (χ1n) is 7.41. The molecule has 1 aromatic carbocycles. The maximum Gasteiger partial charge on any atom is 0.357 e. The molecular weight excluding hydrogens is 360 g/mol. The number of aromatic nitrogens is 4. The maximum atomic E-state index is 12.8. The summed E-state index contributed by atoms with van der Waals surface area (Å²) < 4.78 is 3.27. The Bertz CT molecular complexity index is 1130. The molecule has 0 saturated carbocycles. The quantitative estimate of drug-likeness (QED) is 0.556. The van der Waals surface area contributed by atoms with Gasteiger partial charge in [-0.05, 0) is 24.3 Å². The smallest absolute Gasteiger partial charge is 0.327 e. The SMILES string of the molecule is O=c1nc2n(Cc3cnc(Cl)s3)cccc-2c(=O)n1-c1ccccc1. The lowest BCUT2D eigenvalue weighted by molar-refractivity contribution is 0.759. The zero-order chi connectivity index (χ0) is 17.4. The van der Waals surface area contributed by atoms with Gasteiger partial charge in [0.15, 0.2) is 10.3 Å². The van der Waals surface area contributed by atoms with Crippen LogP contribution in [0.2, 0.25) is 4.47 Å². The van der Waals surface area contributed by atoms with E-state index in [0.29, 0.717) is 28.1 Å². The number of halogens is 1. The second-order valence-corrected chi connectivity index (χ2v) is 7.02. The molecule has 0 fully saturated rings. The van der Waals surface area contributed by atoms with E-state index in [0.717, 1.165) is 9.44 Å². The first-order valence-corrected chi connectivity index (χ1v) is 8.61. The molecule has 1 aromatic heterocycles. The molecule has 2 aliphatic rings. The largest absolute Gasteiger partial charge is 0.357 e. The third-order valence-electron chi connectivity index (χ3n) is 3.73. The van der Waals surface area contributed by atoms with Crippen LogP contribution in [0.4, 0.5) is 0 Å². The Labute approximate surface area is 151 Å². The van der Waals surface area contributed by atoms with Gasteiger partial charge in [0.2, 0.25) is 0 Å². The summed E-state index contributed by atoms with van der Waals surface area (Å²) in [5.74, 6) is 0.342. The van der Waals surface area contributed by atoms with Crippen LogP contribution in [0.1, 0.15) is 4.88 Å². The summed E-state index contributed by atoms with van der Waals surface area (Å²) in [5.41, 5.74) is -0.123. The molecule has 0 radical (unpaired) electrons. The number of para-hydroxylation sites is 1. The molecule has 8 heteroatoms. The van der Waals surface area contributed by atoms with E-state index in [1.54, 1.807) is 53.4 Å². The average Bonchev–Trinajstić information content (AvgIpc) is 3.02. The number of benzene rings is 1. The second-order valence-electron chi connectivity index (χ2n) is 5.32. The van der Waals surface area contributed by atoms with Gasteiger partial charge in [0.1, 0.15) is 0 Å². The minimum absolute atomic E-state index is 0.342. The summed E-state index contributed by atoms with van der Waals surface area (Å²) in [7, 11) is 0. The van der Waals surface area contributed by atoms with E-state index >= 15 is 0 Å². The second kappa shape index (κ2) is 6.27. The number of hydrogen-bond acceptors (Lipinski definition) is 5. The van der Waals surface area contributed by atoms with E-state index in [4.69, 9.17) is 11.6 Å². The Hall–Kier alpha value is -2.77. The highest BCUT2D eigenvalue weighted by molar-refractivity contribution is 7.15. The van der Waals surface area contributed by atoms with Gasteiger partial charge in [-0.15, -0.1) is 11.3 Å². The summed E-state index contributed by atoms with van der Waals surface area (Å²) in [4.78, 5) is 34.4. The Balaban J connectivity index is 1.90. The first kappa shape index (κ1) is 15.7. The Morgan fingerprint density at radius 1 is 1.08 bits per heavy atom. The zero-order valence-electron chi connectivity index (χ0n) is 12.8. The molecular formula is C17H11ClN4O2S. The highest BCUT2D eigenvalue weighted by Gasteiger charge is 2.18. The lowest BCUT2D eigenvalue weighted by atomic mass is 10.2. The molecule has 0 saturated heterocycles. The molecule has 0 unspecified atom stereocenters. The molecule has 6 nitrogen and oxygen atoms in total. The number of hydrogen-bond donors (Lipinski definition) is 0. The molecule has 2 aliphatic heterocycles. The average molecular weight is 371 g/mol. The summed E-state index contributed by atoms with van der Waals surface area (Å²) in [6, 6.07) is 12.2. The van der Waals surface area contributed by atoms with Crippen molar-refractivity contribution in [3.8, 4) is 17.1 Å². The van der Waals surface area contributed by atoms with Gasteiger partial charge in [-0.2, -0.15) is 4.98 Å². The number of fused-ring (bicyclic) bond motifs is 1. The molecule has 0 bridgehead atoms. The minimum atomic E-state index is -0.606. The van der Waals surface area contributed by atoms with Crippen LogP contribution in [0.5, 0.6) is 0 Å². The third kappa shape index (κ3) is 2.88. The summed E-state index contributed by atoms with van der Waals surface area (Å²) >= 11 is 7.21. The fraction of sp³-hybridized carbons (Fsp3) is 0.0588. The van der Waals surface area contributed by atoms with Crippen molar-refractivity contribution >= 4 is 22.9 Å². The molecule has 0 spiro atoms. The van der Waals surface area contributed by atoms with E-state index in [1.807, 2.05) is 6.07 Å². The third-order valence-corrected chi connectivity index (χ3v) is 4.83. The molecule has 4 rings (SSSR count). The highest BCUT2D eigenvalue weighted by atomic mass is 35.5. The Morgan fingerprint density at radius 3 is 2.60 bits per heavy atom. The molecule has 0 atom stereocenters. The lowest BCUT2D eigenvalue weighted by Crippen LogP contribution is -2.36. The summed E-state index contributed by atoms with van der Waals surface area (Å²) in [5, 5.41) is 0. The van der Waals surface area contributed by atoms with Crippen molar-refractivity contribution in [3.63, 3.8) is 0 Å².